The fourth-order valence-electron chi connectivity index (χ4n) is 2.39. The van der Waals surface area contributed by atoms with Crippen LogP contribution in [-0.4, -0.2) is 40.0 Å². The zero-order valence-corrected chi connectivity index (χ0v) is 12.6. The maximum Gasteiger partial charge on any atom is 0.277 e. The van der Waals surface area contributed by atoms with E-state index < -0.39 is 18.4 Å². The van der Waals surface area contributed by atoms with Crippen molar-refractivity contribution in [1.29, 1.82) is 0 Å². The molecule has 0 aromatic carbocycles. The topological polar surface area (TPSA) is 125 Å². The minimum atomic E-state index is -0.556. The van der Waals surface area contributed by atoms with Gasteiger partial charge in [0.2, 0.25) is 5.95 Å². The molecule has 2 heterocycles. The first-order valence-electron chi connectivity index (χ1n) is 7.24. The molecule has 0 saturated carbocycles. The Morgan fingerprint density at radius 1 is 1.68 bits per heavy atom. The van der Waals surface area contributed by atoms with E-state index in [1.807, 2.05) is 6.92 Å². The van der Waals surface area contributed by atoms with E-state index in [9.17, 15) is 9.90 Å². The molecular weight excluding hydrogens is 288 g/mol. The molecule has 1 aliphatic heterocycles. The predicted octanol–water partition coefficient (Wildman–Crippen LogP) is 1.33. The minimum Gasteiger partial charge on any atom is -0.394 e. The molecule has 2 N–H and O–H groups in total. The van der Waals surface area contributed by atoms with Gasteiger partial charge in [0.1, 0.15) is 6.23 Å². The van der Waals surface area contributed by atoms with Gasteiger partial charge in [-0.2, -0.15) is 4.98 Å². The van der Waals surface area contributed by atoms with E-state index in [1.54, 1.807) is 17.7 Å². The highest BCUT2D eigenvalue weighted by atomic mass is 16.5. The average molecular weight is 308 g/mol. The summed E-state index contributed by atoms with van der Waals surface area (Å²) in [5, 5.41) is 16.1. The number of azide groups is 1. The summed E-state index contributed by atoms with van der Waals surface area (Å²) in [5.74, 6) is 0.417. The number of hydrogen-bond donors (Lipinski definition) is 2. The summed E-state index contributed by atoms with van der Waals surface area (Å²) < 4.78 is 7.47. The van der Waals surface area contributed by atoms with Crippen LogP contribution < -0.4 is 10.9 Å². The number of rotatable bonds is 6. The molecule has 0 radical (unpaired) electrons. The van der Waals surface area contributed by atoms with Gasteiger partial charge in [-0.3, -0.25) is 9.36 Å². The molecule has 0 unspecified atom stereocenters. The predicted molar refractivity (Wildman–Crippen MR) is 80.6 cm³/mol. The molecule has 2 rings (SSSR count). The van der Waals surface area contributed by atoms with Crippen LogP contribution in [0.5, 0.6) is 0 Å². The molecule has 0 amide bonds. The highest BCUT2D eigenvalue weighted by Crippen LogP contribution is 2.32. The third-order valence-corrected chi connectivity index (χ3v) is 3.55. The lowest BCUT2D eigenvalue weighted by atomic mass is 10.1. The molecule has 9 heteroatoms. The van der Waals surface area contributed by atoms with E-state index in [0.29, 0.717) is 24.5 Å². The number of hydrogen-bond acceptors (Lipinski definition) is 6. The summed E-state index contributed by atoms with van der Waals surface area (Å²) in [4.78, 5) is 18.6. The lowest BCUT2D eigenvalue weighted by Gasteiger charge is -2.20. The summed E-state index contributed by atoms with van der Waals surface area (Å²) in [6.07, 6.45) is 1.97. The van der Waals surface area contributed by atoms with Crippen LogP contribution in [0, 0.1) is 6.92 Å². The molecule has 120 valence electrons. The van der Waals surface area contributed by atoms with Crippen molar-refractivity contribution < 1.29 is 9.84 Å². The van der Waals surface area contributed by atoms with Crippen LogP contribution in [0.3, 0.4) is 0 Å². The van der Waals surface area contributed by atoms with E-state index in [0.717, 1.165) is 6.42 Å². The van der Waals surface area contributed by atoms with Gasteiger partial charge in [0.05, 0.1) is 18.8 Å². The summed E-state index contributed by atoms with van der Waals surface area (Å²) in [7, 11) is 0. The second-order valence-corrected chi connectivity index (χ2v) is 5.21. The standard InChI is InChI=1S/C13H20N6O3/c1-3-4-15-13-16-12(21)8(2)6-19(13)11-5-9(17-18-14)10(7-20)22-11/h6,9-11,20H,3-5,7H2,1-2H3,(H,15,16,21)/t9-,10+,11+/m0/s1. The van der Waals surface area contributed by atoms with Gasteiger partial charge in [-0.05, 0) is 18.9 Å². The van der Waals surface area contributed by atoms with Gasteiger partial charge in [0, 0.05) is 29.6 Å². The Morgan fingerprint density at radius 2 is 2.45 bits per heavy atom. The third-order valence-electron chi connectivity index (χ3n) is 3.55. The molecule has 1 aromatic heterocycles. The Bertz CT molecular complexity index is 625. The largest absolute Gasteiger partial charge is 0.394 e. The summed E-state index contributed by atoms with van der Waals surface area (Å²) in [6.45, 7) is 4.13. The van der Waals surface area contributed by atoms with Gasteiger partial charge in [0.15, 0.2) is 0 Å². The molecule has 22 heavy (non-hydrogen) atoms. The Hall–Kier alpha value is -2.09. The first-order chi connectivity index (χ1) is 10.6. The molecule has 1 fully saturated rings. The second kappa shape index (κ2) is 7.26. The zero-order valence-electron chi connectivity index (χ0n) is 12.6. The van der Waals surface area contributed by atoms with Crippen molar-refractivity contribution >= 4 is 5.95 Å². The Balaban J connectivity index is 2.33. The van der Waals surface area contributed by atoms with Crippen LogP contribution in [-0.2, 0) is 4.74 Å². The van der Waals surface area contributed by atoms with Crippen LogP contribution in [0.25, 0.3) is 10.4 Å². The van der Waals surface area contributed by atoms with Gasteiger partial charge in [-0.15, -0.1) is 0 Å². The quantitative estimate of drug-likeness (QED) is 0.466. The lowest BCUT2D eigenvalue weighted by molar-refractivity contribution is -0.0246. The number of aromatic nitrogens is 2. The first kappa shape index (κ1) is 16.3. The highest BCUT2D eigenvalue weighted by molar-refractivity contribution is 5.28. The number of aryl methyl sites for hydroxylation is 1. The number of nitrogens with one attached hydrogen (secondary N) is 1. The van der Waals surface area contributed by atoms with E-state index in [-0.39, 0.29) is 12.2 Å². The minimum absolute atomic E-state index is 0.232. The lowest BCUT2D eigenvalue weighted by Crippen LogP contribution is -2.24. The molecule has 1 aromatic rings. The van der Waals surface area contributed by atoms with Gasteiger partial charge in [-0.25, -0.2) is 0 Å². The number of aliphatic hydroxyl groups is 1. The van der Waals surface area contributed by atoms with Crippen molar-refractivity contribution in [2.24, 2.45) is 5.11 Å². The van der Waals surface area contributed by atoms with Gasteiger partial charge in [-0.1, -0.05) is 12.0 Å². The number of ether oxygens (including phenoxy) is 1. The molecule has 9 nitrogen and oxygen atoms in total. The van der Waals surface area contributed by atoms with E-state index in [2.05, 4.69) is 20.3 Å². The fraction of sp³-hybridized carbons (Fsp3) is 0.692. The zero-order chi connectivity index (χ0) is 16.1. The maximum absolute atomic E-state index is 11.7. The van der Waals surface area contributed by atoms with Crippen LogP contribution in [0.4, 0.5) is 5.95 Å². The Morgan fingerprint density at radius 3 is 3.09 bits per heavy atom. The molecule has 3 atom stereocenters. The smallest absolute Gasteiger partial charge is 0.277 e. The van der Waals surface area contributed by atoms with E-state index in [4.69, 9.17) is 10.3 Å². The number of anilines is 1. The SMILES string of the molecule is CCCNc1nc(=O)c(C)cn1[C@H]1C[C@H](N=[N+]=[N-])[C@@H](CO)O1. The molecule has 0 spiro atoms. The van der Waals surface area contributed by atoms with Crippen molar-refractivity contribution in [3.05, 3.63) is 32.6 Å². The second-order valence-electron chi connectivity index (χ2n) is 5.21. The van der Waals surface area contributed by atoms with Gasteiger partial charge >= 0.3 is 0 Å². The van der Waals surface area contributed by atoms with Crippen molar-refractivity contribution in [3.63, 3.8) is 0 Å². The van der Waals surface area contributed by atoms with Gasteiger partial charge < -0.3 is 15.2 Å². The van der Waals surface area contributed by atoms with Crippen LogP contribution >= 0.6 is 0 Å². The summed E-state index contributed by atoms with van der Waals surface area (Å²) >= 11 is 0. The van der Waals surface area contributed by atoms with Crippen LogP contribution in [0.15, 0.2) is 16.1 Å². The molecule has 1 saturated heterocycles. The normalized spacial score (nSPS) is 24.0. The van der Waals surface area contributed by atoms with E-state index >= 15 is 0 Å². The first-order valence-corrected chi connectivity index (χ1v) is 7.24. The average Bonchev–Trinajstić information content (AvgIpc) is 2.91. The van der Waals surface area contributed by atoms with Crippen LogP contribution in [0.1, 0.15) is 31.6 Å². The Kier molecular flexibility index (Phi) is 5.37. The third kappa shape index (κ3) is 3.38. The van der Waals surface area contributed by atoms with Crippen LogP contribution in [0.2, 0.25) is 0 Å². The molecule has 0 aliphatic carbocycles. The highest BCUT2D eigenvalue weighted by Gasteiger charge is 2.36. The van der Waals surface area contributed by atoms with E-state index in [1.165, 1.54) is 0 Å². The van der Waals surface area contributed by atoms with Gasteiger partial charge in [0.25, 0.3) is 5.56 Å². The fourth-order valence-corrected chi connectivity index (χ4v) is 2.39. The van der Waals surface area contributed by atoms with Crippen molar-refractivity contribution in [1.82, 2.24) is 9.55 Å². The maximum atomic E-state index is 11.7. The molecular formula is C13H20N6O3. The Labute approximate surface area is 127 Å². The van der Waals surface area contributed by atoms with Crippen molar-refractivity contribution in [3.8, 4) is 0 Å². The summed E-state index contributed by atoms with van der Waals surface area (Å²) in [6, 6.07) is -0.446. The summed E-state index contributed by atoms with van der Waals surface area (Å²) in [5.41, 5.74) is 8.80. The number of aliphatic hydroxyl groups excluding tert-OH is 1. The monoisotopic (exact) mass is 308 g/mol. The molecule has 1 aliphatic rings. The molecule has 0 bridgehead atoms. The number of nitrogens with zero attached hydrogens (tertiary/aromatic N) is 5. The van der Waals surface area contributed by atoms with Crippen molar-refractivity contribution in [2.75, 3.05) is 18.5 Å². The van der Waals surface area contributed by atoms with Crippen molar-refractivity contribution in [2.45, 2.75) is 45.1 Å².